The monoisotopic (exact) mass is 336 g/mol. The summed E-state index contributed by atoms with van der Waals surface area (Å²) in [4.78, 5) is 16.5. The maximum absolute atomic E-state index is 5.34. The first-order valence-electron chi connectivity index (χ1n) is 7.21. The first-order chi connectivity index (χ1) is 12.4. The summed E-state index contributed by atoms with van der Waals surface area (Å²) in [7, 11) is 0. The standard InChI is InChI=1S/C15H8N6O4/c1-2-10-11(23-7-22-10)5-8(1)12-18-14(24-20-12)15-19-13(21-25-15)9-6-16-3-4-17-9/h1-6H,7H2. The second-order valence-electron chi connectivity index (χ2n) is 5.00. The van der Waals surface area contributed by atoms with Crippen molar-refractivity contribution in [1.82, 2.24) is 30.2 Å². The lowest BCUT2D eigenvalue weighted by molar-refractivity contribution is 0.174. The van der Waals surface area contributed by atoms with Crippen LogP contribution in [0.25, 0.3) is 34.7 Å². The summed E-state index contributed by atoms with van der Waals surface area (Å²) in [6, 6.07) is 5.36. The fraction of sp³-hybridized carbons (Fsp3) is 0.0667. The van der Waals surface area contributed by atoms with Crippen LogP contribution in [0.1, 0.15) is 0 Å². The molecule has 4 aromatic rings. The van der Waals surface area contributed by atoms with Gasteiger partial charge in [-0.05, 0) is 18.2 Å². The Hall–Kier alpha value is -3.82. The highest BCUT2D eigenvalue weighted by Crippen LogP contribution is 2.35. The summed E-state index contributed by atoms with van der Waals surface area (Å²) >= 11 is 0. The van der Waals surface area contributed by atoms with E-state index in [2.05, 4.69) is 30.2 Å². The number of rotatable bonds is 3. The molecule has 0 spiro atoms. The van der Waals surface area contributed by atoms with Gasteiger partial charge < -0.3 is 18.5 Å². The lowest BCUT2D eigenvalue weighted by atomic mass is 10.2. The minimum Gasteiger partial charge on any atom is -0.454 e. The molecule has 0 bridgehead atoms. The number of benzene rings is 1. The van der Waals surface area contributed by atoms with Crippen molar-refractivity contribution in [2.75, 3.05) is 6.79 Å². The molecule has 0 fully saturated rings. The summed E-state index contributed by atoms with van der Waals surface area (Å²) in [5.41, 5.74) is 1.20. The van der Waals surface area contributed by atoms with Crippen molar-refractivity contribution in [1.29, 1.82) is 0 Å². The van der Waals surface area contributed by atoms with Gasteiger partial charge in [0.05, 0.1) is 6.20 Å². The molecular formula is C15H8N6O4. The van der Waals surface area contributed by atoms with E-state index in [0.29, 0.717) is 28.6 Å². The van der Waals surface area contributed by atoms with Gasteiger partial charge in [-0.3, -0.25) is 4.98 Å². The summed E-state index contributed by atoms with van der Waals surface area (Å²) < 4.78 is 21.0. The van der Waals surface area contributed by atoms with Gasteiger partial charge in [-0.25, -0.2) is 4.98 Å². The van der Waals surface area contributed by atoms with E-state index in [1.807, 2.05) is 0 Å². The molecule has 25 heavy (non-hydrogen) atoms. The lowest BCUT2D eigenvalue weighted by Gasteiger charge is -1.97. The Labute approximate surface area is 139 Å². The molecular weight excluding hydrogens is 328 g/mol. The molecule has 3 aromatic heterocycles. The molecule has 122 valence electrons. The van der Waals surface area contributed by atoms with Crippen LogP contribution in [0.2, 0.25) is 0 Å². The Morgan fingerprint density at radius 3 is 2.48 bits per heavy atom. The summed E-state index contributed by atoms with van der Waals surface area (Å²) in [5.74, 6) is 2.17. The summed E-state index contributed by atoms with van der Waals surface area (Å²) in [5, 5.41) is 7.77. The van der Waals surface area contributed by atoms with Gasteiger partial charge in [0.1, 0.15) is 5.69 Å². The molecule has 10 heteroatoms. The first-order valence-corrected chi connectivity index (χ1v) is 7.21. The number of ether oxygens (including phenoxy) is 2. The van der Waals surface area contributed by atoms with Crippen LogP contribution in [0, 0.1) is 0 Å². The van der Waals surface area contributed by atoms with Crippen molar-refractivity contribution in [2.45, 2.75) is 0 Å². The van der Waals surface area contributed by atoms with Gasteiger partial charge in [0, 0.05) is 18.0 Å². The Morgan fingerprint density at radius 2 is 1.64 bits per heavy atom. The molecule has 0 N–H and O–H groups in total. The number of nitrogens with zero attached hydrogens (tertiary/aromatic N) is 6. The highest BCUT2D eigenvalue weighted by atomic mass is 16.7. The molecule has 0 saturated carbocycles. The Morgan fingerprint density at radius 1 is 0.840 bits per heavy atom. The third kappa shape index (κ3) is 2.36. The van der Waals surface area contributed by atoms with E-state index in [0.717, 1.165) is 0 Å². The van der Waals surface area contributed by atoms with Crippen molar-refractivity contribution in [3.05, 3.63) is 36.8 Å². The second-order valence-corrected chi connectivity index (χ2v) is 5.00. The van der Waals surface area contributed by atoms with Crippen molar-refractivity contribution < 1.29 is 18.5 Å². The van der Waals surface area contributed by atoms with Crippen molar-refractivity contribution in [3.63, 3.8) is 0 Å². The molecule has 0 aliphatic carbocycles. The zero-order chi connectivity index (χ0) is 16.6. The molecule has 0 amide bonds. The van der Waals surface area contributed by atoms with Crippen LogP contribution >= 0.6 is 0 Å². The normalized spacial score (nSPS) is 12.5. The van der Waals surface area contributed by atoms with Crippen LogP contribution in [-0.2, 0) is 0 Å². The van der Waals surface area contributed by atoms with Gasteiger partial charge in [-0.15, -0.1) is 0 Å². The highest BCUT2D eigenvalue weighted by molar-refractivity contribution is 5.62. The number of hydrogen-bond acceptors (Lipinski definition) is 10. The molecule has 0 radical (unpaired) electrons. The maximum atomic E-state index is 5.34. The average Bonchev–Trinajstić information content (AvgIpc) is 3.40. The number of hydrogen-bond donors (Lipinski definition) is 0. The van der Waals surface area contributed by atoms with E-state index >= 15 is 0 Å². The van der Waals surface area contributed by atoms with Crippen LogP contribution in [0.15, 0.2) is 45.8 Å². The molecule has 1 aliphatic rings. The SMILES string of the molecule is c1cnc(-c2noc(-c3nc(-c4ccc5c(c4)OCO5)no3)n2)cn1. The molecule has 10 nitrogen and oxygen atoms in total. The fourth-order valence-electron chi connectivity index (χ4n) is 2.29. The smallest absolute Gasteiger partial charge is 0.316 e. The zero-order valence-electron chi connectivity index (χ0n) is 12.5. The zero-order valence-corrected chi connectivity index (χ0v) is 12.5. The van der Waals surface area contributed by atoms with Crippen molar-refractivity contribution in [3.8, 4) is 46.2 Å². The van der Waals surface area contributed by atoms with Gasteiger partial charge in [0.25, 0.3) is 0 Å². The van der Waals surface area contributed by atoms with Gasteiger partial charge >= 0.3 is 11.8 Å². The van der Waals surface area contributed by atoms with E-state index < -0.39 is 0 Å². The minimum atomic E-state index is 0.0974. The minimum absolute atomic E-state index is 0.0974. The molecule has 0 saturated heterocycles. The summed E-state index contributed by atoms with van der Waals surface area (Å²) in [6.07, 6.45) is 4.62. The van der Waals surface area contributed by atoms with Crippen LogP contribution < -0.4 is 9.47 Å². The van der Waals surface area contributed by atoms with Crippen molar-refractivity contribution in [2.24, 2.45) is 0 Å². The molecule has 0 atom stereocenters. The molecule has 5 rings (SSSR count). The molecule has 1 aliphatic heterocycles. The third-order valence-corrected chi connectivity index (χ3v) is 3.46. The molecule has 4 heterocycles. The quantitative estimate of drug-likeness (QED) is 0.548. The van der Waals surface area contributed by atoms with Gasteiger partial charge in [-0.1, -0.05) is 10.3 Å². The highest BCUT2D eigenvalue weighted by Gasteiger charge is 2.20. The van der Waals surface area contributed by atoms with E-state index in [4.69, 9.17) is 18.5 Å². The van der Waals surface area contributed by atoms with Crippen LogP contribution in [0.4, 0.5) is 0 Å². The third-order valence-electron chi connectivity index (χ3n) is 3.46. The Kier molecular flexibility index (Phi) is 2.92. The maximum Gasteiger partial charge on any atom is 0.316 e. The van der Waals surface area contributed by atoms with E-state index in [-0.39, 0.29) is 24.4 Å². The Balaban J connectivity index is 1.46. The topological polar surface area (TPSA) is 122 Å². The van der Waals surface area contributed by atoms with E-state index in [1.54, 1.807) is 24.4 Å². The average molecular weight is 336 g/mol. The number of fused-ring (bicyclic) bond motifs is 1. The van der Waals surface area contributed by atoms with E-state index in [1.165, 1.54) is 12.4 Å². The lowest BCUT2D eigenvalue weighted by Crippen LogP contribution is -1.92. The predicted octanol–water partition coefficient (Wildman–Crippen LogP) is 1.97. The van der Waals surface area contributed by atoms with Crippen LogP contribution in [0.3, 0.4) is 0 Å². The largest absolute Gasteiger partial charge is 0.454 e. The van der Waals surface area contributed by atoms with Gasteiger partial charge in [-0.2, -0.15) is 9.97 Å². The molecule has 0 unspecified atom stereocenters. The van der Waals surface area contributed by atoms with E-state index in [9.17, 15) is 0 Å². The van der Waals surface area contributed by atoms with Crippen LogP contribution in [0.5, 0.6) is 11.5 Å². The van der Waals surface area contributed by atoms with Gasteiger partial charge in [0.2, 0.25) is 18.4 Å². The predicted molar refractivity (Wildman–Crippen MR) is 80.2 cm³/mol. The number of aromatic nitrogens is 6. The molecule has 1 aromatic carbocycles. The van der Waals surface area contributed by atoms with Gasteiger partial charge in [0.15, 0.2) is 11.5 Å². The second kappa shape index (κ2) is 5.37. The van der Waals surface area contributed by atoms with Crippen LogP contribution in [-0.4, -0.2) is 37.0 Å². The Bertz CT molecular complexity index is 1050. The summed E-state index contributed by atoms with van der Waals surface area (Å²) in [6.45, 7) is 0.198. The van der Waals surface area contributed by atoms with Crippen molar-refractivity contribution >= 4 is 0 Å². The fourth-order valence-corrected chi connectivity index (χ4v) is 2.29. The first kappa shape index (κ1) is 13.6.